The summed E-state index contributed by atoms with van der Waals surface area (Å²) in [4.78, 5) is 19.0. The summed E-state index contributed by atoms with van der Waals surface area (Å²) >= 11 is 3.24. The van der Waals surface area contributed by atoms with Crippen LogP contribution in [0.1, 0.15) is 23.4 Å². The minimum absolute atomic E-state index is 0.237. The van der Waals surface area contributed by atoms with E-state index in [1.54, 1.807) is 23.1 Å². The van der Waals surface area contributed by atoms with Gasteiger partial charge in [0.2, 0.25) is 0 Å². The number of urea groups is 1. The van der Waals surface area contributed by atoms with Gasteiger partial charge in [-0.25, -0.2) is 9.78 Å². The van der Waals surface area contributed by atoms with Crippen LogP contribution in [0, 0.1) is 0 Å². The number of aryl methyl sites for hydroxylation is 2. The number of anilines is 2. The monoisotopic (exact) mass is 319 g/mol. The van der Waals surface area contributed by atoms with E-state index >= 15 is 0 Å². The maximum Gasteiger partial charge on any atom is 0.325 e. The summed E-state index contributed by atoms with van der Waals surface area (Å²) < 4.78 is 0. The molecule has 4 nitrogen and oxygen atoms in total. The third kappa shape index (κ3) is 3.57. The number of carbonyl (C=O) groups excluding carboxylic acids is 1. The van der Waals surface area contributed by atoms with E-state index in [0.29, 0.717) is 5.13 Å². The largest absolute Gasteiger partial charge is 0.325 e. The van der Waals surface area contributed by atoms with Crippen LogP contribution in [0.4, 0.5) is 15.6 Å². The third-order valence-corrected chi connectivity index (χ3v) is 5.19. The number of hydrogen-bond acceptors (Lipinski definition) is 4. The summed E-state index contributed by atoms with van der Waals surface area (Å²) in [5.41, 5.74) is 1.95. The fraction of sp³-hybridized carbons (Fsp3) is 0.333. The Bertz CT molecular complexity index is 631. The van der Waals surface area contributed by atoms with E-state index in [0.717, 1.165) is 29.1 Å². The summed E-state index contributed by atoms with van der Waals surface area (Å²) in [6.45, 7) is 0. The lowest BCUT2D eigenvalue weighted by atomic mass is 10.0. The first-order valence-corrected chi connectivity index (χ1v) is 8.99. The molecule has 1 aliphatic rings. The number of rotatable bonds is 3. The number of hydrogen-bond donors (Lipinski definition) is 2. The minimum atomic E-state index is -0.237. The summed E-state index contributed by atoms with van der Waals surface area (Å²) in [7, 11) is 0. The van der Waals surface area contributed by atoms with Gasteiger partial charge in [-0.15, -0.1) is 23.1 Å². The Labute approximate surface area is 132 Å². The first kappa shape index (κ1) is 14.4. The Morgan fingerprint density at radius 2 is 2.14 bits per heavy atom. The van der Waals surface area contributed by atoms with Crippen LogP contribution in [-0.2, 0) is 12.8 Å². The molecule has 2 N–H and O–H groups in total. The maximum atomic E-state index is 12.0. The molecule has 3 rings (SSSR count). The number of nitrogens with one attached hydrogen (secondary N) is 2. The molecule has 0 saturated heterocycles. The Balaban J connectivity index is 1.64. The molecule has 1 aliphatic carbocycles. The first-order valence-electron chi connectivity index (χ1n) is 6.95. The van der Waals surface area contributed by atoms with Crippen molar-refractivity contribution in [1.29, 1.82) is 0 Å². The smallest absolute Gasteiger partial charge is 0.308 e. The van der Waals surface area contributed by atoms with Crippen LogP contribution < -0.4 is 10.6 Å². The van der Waals surface area contributed by atoms with Crippen molar-refractivity contribution in [3.8, 4) is 0 Å². The Hall–Kier alpha value is -1.53. The van der Waals surface area contributed by atoms with Gasteiger partial charge >= 0.3 is 6.03 Å². The van der Waals surface area contributed by atoms with Crippen LogP contribution in [0.3, 0.4) is 0 Å². The van der Waals surface area contributed by atoms with Crippen molar-refractivity contribution < 1.29 is 4.79 Å². The molecule has 0 spiro atoms. The standard InChI is InChI=1S/C15H17N3OS2/c1-20-11-6-4-5-10(9-11)16-14(19)18-15-17-12-7-2-3-8-13(12)21-15/h4-6,9H,2-3,7-8H2,1H3,(H2,16,17,18,19). The van der Waals surface area contributed by atoms with Gasteiger partial charge in [0, 0.05) is 15.5 Å². The zero-order chi connectivity index (χ0) is 14.7. The quantitative estimate of drug-likeness (QED) is 0.825. The molecule has 0 radical (unpaired) electrons. The van der Waals surface area contributed by atoms with Gasteiger partial charge in [-0.2, -0.15) is 0 Å². The molecule has 2 aromatic rings. The molecule has 0 aliphatic heterocycles. The Kier molecular flexibility index (Phi) is 4.45. The normalized spacial score (nSPS) is 13.6. The van der Waals surface area contributed by atoms with E-state index in [9.17, 15) is 4.79 Å². The Morgan fingerprint density at radius 1 is 1.29 bits per heavy atom. The molecule has 0 bridgehead atoms. The Morgan fingerprint density at radius 3 is 2.95 bits per heavy atom. The van der Waals surface area contributed by atoms with Crippen molar-refractivity contribution in [1.82, 2.24) is 4.98 Å². The second-order valence-corrected chi connectivity index (χ2v) is 6.87. The van der Waals surface area contributed by atoms with Crippen molar-refractivity contribution in [3.63, 3.8) is 0 Å². The molecule has 0 saturated carbocycles. The fourth-order valence-corrected chi connectivity index (χ4v) is 3.87. The highest BCUT2D eigenvalue weighted by Crippen LogP contribution is 2.29. The van der Waals surface area contributed by atoms with Crippen LogP contribution in [0.5, 0.6) is 0 Å². The number of aromatic nitrogens is 1. The van der Waals surface area contributed by atoms with E-state index < -0.39 is 0 Å². The molecule has 110 valence electrons. The number of fused-ring (bicyclic) bond motifs is 1. The molecule has 21 heavy (non-hydrogen) atoms. The van der Waals surface area contributed by atoms with Crippen LogP contribution in [0.2, 0.25) is 0 Å². The van der Waals surface area contributed by atoms with Gasteiger partial charge in [-0.1, -0.05) is 6.07 Å². The number of thioether (sulfide) groups is 1. The van der Waals surface area contributed by atoms with Gasteiger partial charge < -0.3 is 5.32 Å². The zero-order valence-electron chi connectivity index (χ0n) is 11.8. The SMILES string of the molecule is CSc1cccc(NC(=O)Nc2nc3c(s2)CCCC3)c1. The van der Waals surface area contributed by atoms with Gasteiger partial charge in [0.15, 0.2) is 5.13 Å². The number of nitrogens with zero attached hydrogens (tertiary/aromatic N) is 1. The van der Waals surface area contributed by atoms with E-state index in [-0.39, 0.29) is 6.03 Å². The van der Waals surface area contributed by atoms with Crippen LogP contribution in [0.25, 0.3) is 0 Å². The van der Waals surface area contributed by atoms with Gasteiger partial charge in [0.05, 0.1) is 5.69 Å². The second kappa shape index (κ2) is 6.49. The van der Waals surface area contributed by atoms with Gasteiger partial charge in [-0.3, -0.25) is 5.32 Å². The van der Waals surface area contributed by atoms with Crippen molar-refractivity contribution in [2.75, 3.05) is 16.9 Å². The number of carbonyl (C=O) groups is 1. The molecule has 2 amide bonds. The summed E-state index contributed by atoms with van der Waals surface area (Å²) in [6.07, 6.45) is 6.56. The number of thiazole rings is 1. The minimum Gasteiger partial charge on any atom is -0.308 e. The molecule has 1 aromatic carbocycles. The van der Waals surface area contributed by atoms with Crippen LogP contribution in [0.15, 0.2) is 29.2 Å². The van der Waals surface area contributed by atoms with Crippen molar-refractivity contribution in [2.45, 2.75) is 30.6 Å². The van der Waals surface area contributed by atoms with E-state index in [4.69, 9.17) is 0 Å². The molecule has 1 aromatic heterocycles. The predicted molar refractivity (Wildman–Crippen MR) is 89.6 cm³/mol. The number of amides is 2. The lowest BCUT2D eigenvalue weighted by Gasteiger charge is -2.06. The first-order chi connectivity index (χ1) is 10.2. The average molecular weight is 319 g/mol. The van der Waals surface area contributed by atoms with E-state index in [1.165, 1.54) is 17.7 Å². The van der Waals surface area contributed by atoms with Crippen molar-refractivity contribution in [2.24, 2.45) is 0 Å². The third-order valence-electron chi connectivity index (χ3n) is 3.39. The fourth-order valence-electron chi connectivity index (χ4n) is 2.37. The summed E-state index contributed by atoms with van der Waals surface area (Å²) in [6, 6.07) is 7.55. The number of benzene rings is 1. The average Bonchev–Trinajstić information content (AvgIpc) is 2.89. The van der Waals surface area contributed by atoms with Crippen molar-refractivity contribution >= 4 is 39.9 Å². The molecule has 0 fully saturated rings. The molecular formula is C15H17N3OS2. The van der Waals surface area contributed by atoms with Gasteiger partial charge in [0.1, 0.15) is 0 Å². The molecule has 6 heteroatoms. The summed E-state index contributed by atoms with van der Waals surface area (Å²) in [5.74, 6) is 0. The highest BCUT2D eigenvalue weighted by molar-refractivity contribution is 7.98. The molecule has 0 atom stereocenters. The van der Waals surface area contributed by atoms with Crippen LogP contribution >= 0.6 is 23.1 Å². The summed E-state index contributed by atoms with van der Waals surface area (Å²) in [5, 5.41) is 6.38. The molecule has 0 unspecified atom stereocenters. The second-order valence-electron chi connectivity index (χ2n) is 4.91. The lowest BCUT2D eigenvalue weighted by Crippen LogP contribution is -2.19. The lowest BCUT2D eigenvalue weighted by molar-refractivity contribution is 0.262. The van der Waals surface area contributed by atoms with Gasteiger partial charge in [0.25, 0.3) is 0 Å². The van der Waals surface area contributed by atoms with Crippen molar-refractivity contribution in [3.05, 3.63) is 34.8 Å². The van der Waals surface area contributed by atoms with Gasteiger partial charge in [-0.05, 0) is 50.1 Å². The highest BCUT2D eigenvalue weighted by Gasteiger charge is 2.16. The van der Waals surface area contributed by atoms with E-state index in [1.807, 2.05) is 30.5 Å². The van der Waals surface area contributed by atoms with Crippen LogP contribution in [-0.4, -0.2) is 17.3 Å². The molecular weight excluding hydrogens is 302 g/mol. The highest BCUT2D eigenvalue weighted by atomic mass is 32.2. The zero-order valence-corrected chi connectivity index (χ0v) is 13.4. The molecule has 1 heterocycles. The van der Waals surface area contributed by atoms with E-state index in [2.05, 4.69) is 15.6 Å². The topological polar surface area (TPSA) is 54.0 Å². The maximum absolute atomic E-state index is 12.0. The predicted octanol–water partition coefficient (Wildman–Crippen LogP) is 4.39.